The molecular formula is C8H6BrN3O2. The van der Waals surface area contributed by atoms with E-state index in [1.165, 1.54) is 17.8 Å². The Balaban J connectivity index is 2.71. The maximum atomic E-state index is 11.3. The van der Waals surface area contributed by atoms with Crippen molar-refractivity contribution in [2.75, 3.05) is 7.11 Å². The van der Waals surface area contributed by atoms with E-state index < -0.39 is 5.97 Å². The van der Waals surface area contributed by atoms with Crippen LogP contribution in [0.15, 0.2) is 23.1 Å². The summed E-state index contributed by atoms with van der Waals surface area (Å²) in [4.78, 5) is 15.4. The number of aromatic nitrogens is 3. The second-order valence-corrected chi connectivity index (χ2v) is 3.37. The van der Waals surface area contributed by atoms with Crippen LogP contribution in [-0.4, -0.2) is 27.7 Å². The van der Waals surface area contributed by atoms with Gasteiger partial charge in [-0.2, -0.15) is 5.10 Å². The van der Waals surface area contributed by atoms with E-state index >= 15 is 0 Å². The Labute approximate surface area is 87.8 Å². The monoisotopic (exact) mass is 255 g/mol. The van der Waals surface area contributed by atoms with Gasteiger partial charge in [0.05, 0.1) is 13.3 Å². The number of nitrogens with zero attached hydrogens (tertiary/aromatic N) is 3. The Kier molecular flexibility index (Phi) is 2.20. The first-order valence-corrected chi connectivity index (χ1v) is 4.60. The highest BCUT2D eigenvalue weighted by Gasteiger charge is 2.13. The van der Waals surface area contributed by atoms with Gasteiger partial charge < -0.3 is 4.74 Å². The van der Waals surface area contributed by atoms with E-state index in [9.17, 15) is 4.79 Å². The molecule has 2 aromatic heterocycles. The molecule has 0 aliphatic rings. The molecule has 0 radical (unpaired) electrons. The van der Waals surface area contributed by atoms with Gasteiger partial charge in [0, 0.05) is 6.20 Å². The van der Waals surface area contributed by atoms with Crippen molar-refractivity contribution in [1.82, 2.24) is 14.6 Å². The molecule has 0 N–H and O–H groups in total. The quantitative estimate of drug-likeness (QED) is 0.721. The molecule has 72 valence electrons. The lowest BCUT2D eigenvalue weighted by Crippen LogP contribution is -2.05. The first-order valence-electron chi connectivity index (χ1n) is 3.80. The molecule has 2 rings (SSSR count). The van der Waals surface area contributed by atoms with Gasteiger partial charge >= 0.3 is 5.97 Å². The summed E-state index contributed by atoms with van der Waals surface area (Å²) in [6.45, 7) is 0. The summed E-state index contributed by atoms with van der Waals surface area (Å²) in [7, 11) is 1.33. The first-order chi connectivity index (χ1) is 6.74. The molecule has 2 aromatic rings. The minimum atomic E-state index is -0.421. The molecule has 14 heavy (non-hydrogen) atoms. The van der Waals surface area contributed by atoms with Gasteiger partial charge in [-0.15, -0.1) is 0 Å². The van der Waals surface area contributed by atoms with Crippen LogP contribution in [0.2, 0.25) is 0 Å². The average molecular weight is 256 g/mol. The lowest BCUT2D eigenvalue weighted by atomic mass is 10.3. The zero-order valence-electron chi connectivity index (χ0n) is 7.27. The van der Waals surface area contributed by atoms with Crippen LogP contribution in [0.3, 0.4) is 0 Å². The summed E-state index contributed by atoms with van der Waals surface area (Å²) in [5, 5.41) is 4.02. The third-order valence-corrected chi connectivity index (χ3v) is 2.31. The first kappa shape index (κ1) is 9.14. The van der Waals surface area contributed by atoms with Gasteiger partial charge in [-0.1, -0.05) is 0 Å². The zero-order chi connectivity index (χ0) is 10.1. The molecule has 0 fully saturated rings. The summed E-state index contributed by atoms with van der Waals surface area (Å²) in [5.41, 5.74) is 0.874. The van der Waals surface area contributed by atoms with E-state index in [1.54, 1.807) is 12.3 Å². The van der Waals surface area contributed by atoms with Crippen molar-refractivity contribution in [3.8, 4) is 0 Å². The summed E-state index contributed by atoms with van der Waals surface area (Å²) in [5.74, 6) is -0.421. The number of carbonyl (C=O) groups is 1. The highest BCUT2D eigenvalue weighted by Crippen LogP contribution is 2.14. The van der Waals surface area contributed by atoms with Crippen LogP contribution in [0.25, 0.3) is 5.65 Å². The zero-order valence-corrected chi connectivity index (χ0v) is 8.85. The molecule has 0 aliphatic carbocycles. The molecule has 0 saturated carbocycles. The van der Waals surface area contributed by atoms with E-state index in [2.05, 4.69) is 30.7 Å². The number of rotatable bonds is 1. The smallest absolute Gasteiger partial charge is 0.341 e. The Hall–Kier alpha value is -1.43. The summed E-state index contributed by atoms with van der Waals surface area (Å²) < 4.78 is 6.83. The molecule has 0 bridgehead atoms. The minimum absolute atomic E-state index is 0.396. The molecule has 0 spiro atoms. The lowest BCUT2D eigenvalue weighted by molar-refractivity contribution is 0.0602. The number of hydrogen-bond acceptors (Lipinski definition) is 4. The fraction of sp³-hybridized carbons (Fsp3) is 0.125. The van der Waals surface area contributed by atoms with E-state index in [0.717, 1.165) is 0 Å². The number of fused-ring (bicyclic) bond motifs is 1. The SMILES string of the molecule is COC(=O)c1ccnn2c(Br)cnc12. The van der Waals surface area contributed by atoms with E-state index in [1.807, 2.05) is 0 Å². The van der Waals surface area contributed by atoms with Gasteiger partial charge in [-0.05, 0) is 22.0 Å². The second-order valence-electron chi connectivity index (χ2n) is 2.55. The molecule has 0 aliphatic heterocycles. The third kappa shape index (κ3) is 1.27. The molecule has 0 aromatic carbocycles. The normalized spacial score (nSPS) is 10.4. The van der Waals surface area contributed by atoms with Gasteiger partial charge in [0.1, 0.15) is 10.2 Å². The molecule has 0 atom stereocenters. The van der Waals surface area contributed by atoms with Crippen LogP contribution in [0.1, 0.15) is 10.4 Å². The molecule has 0 unspecified atom stereocenters. The van der Waals surface area contributed by atoms with Crippen LogP contribution >= 0.6 is 15.9 Å². The van der Waals surface area contributed by atoms with E-state index in [-0.39, 0.29) is 0 Å². The lowest BCUT2D eigenvalue weighted by Gasteiger charge is -2.00. The van der Waals surface area contributed by atoms with Crippen molar-refractivity contribution in [3.63, 3.8) is 0 Å². The van der Waals surface area contributed by atoms with Crippen molar-refractivity contribution in [1.29, 1.82) is 0 Å². The number of ether oxygens (including phenoxy) is 1. The highest BCUT2D eigenvalue weighted by atomic mass is 79.9. The van der Waals surface area contributed by atoms with Crippen LogP contribution in [0.5, 0.6) is 0 Å². The van der Waals surface area contributed by atoms with Crippen molar-refractivity contribution in [2.24, 2.45) is 0 Å². The summed E-state index contributed by atoms with van der Waals surface area (Å²) in [6.07, 6.45) is 3.10. The average Bonchev–Trinajstić information content (AvgIpc) is 2.59. The summed E-state index contributed by atoms with van der Waals surface area (Å²) >= 11 is 3.26. The topological polar surface area (TPSA) is 56.5 Å². The largest absolute Gasteiger partial charge is 0.465 e. The molecule has 5 nitrogen and oxygen atoms in total. The molecule has 0 amide bonds. The van der Waals surface area contributed by atoms with Crippen molar-refractivity contribution >= 4 is 27.5 Å². The van der Waals surface area contributed by atoms with Gasteiger partial charge in [-0.3, -0.25) is 0 Å². The van der Waals surface area contributed by atoms with Gasteiger partial charge in [0.15, 0.2) is 5.65 Å². The highest BCUT2D eigenvalue weighted by molar-refractivity contribution is 9.10. The van der Waals surface area contributed by atoms with Gasteiger partial charge in [0.25, 0.3) is 0 Å². The predicted octanol–water partition coefficient (Wildman–Crippen LogP) is 1.28. The second kappa shape index (κ2) is 3.38. The van der Waals surface area contributed by atoms with Crippen molar-refractivity contribution in [2.45, 2.75) is 0 Å². The number of carbonyl (C=O) groups excluding carboxylic acids is 1. The van der Waals surface area contributed by atoms with Crippen molar-refractivity contribution < 1.29 is 9.53 Å². The maximum Gasteiger partial charge on any atom is 0.341 e. The Bertz CT molecular complexity index is 494. The number of halogens is 1. The predicted molar refractivity (Wildman–Crippen MR) is 52.0 cm³/mol. The molecule has 2 heterocycles. The van der Waals surface area contributed by atoms with E-state index in [0.29, 0.717) is 15.8 Å². The number of methoxy groups -OCH3 is 1. The molecular weight excluding hydrogens is 250 g/mol. The van der Waals surface area contributed by atoms with Gasteiger partial charge in [0.2, 0.25) is 0 Å². The number of imidazole rings is 1. The minimum Gasteiger partial charge on any atom is -0.465 e. The standard InChI is InChI=1S/C8H6BrN3O2/c1-14-8(13)5-2-3-11-12-6(9)4-10-7(5)12/h2-4H,1H3. The van der Waals surface area contributed by atoms with Crippen LogP contribution < -0.4 is 0 Å². The van der Waals surface area contributed by atoms with Crippen molar-refractivity contribution in [3.05, 3.63) is 28.6 Å². The maximum absolute atomic E-state index is 11.3. The summed E-state index contributed by atoms with van der Waals surface area (Å²) in [6, 6.07) is 1.57. The Morgan fingerprint density at radius 1 is 1.64 bits per heavy atom. The van der Waals surface area contributed by atoms with Crippen LogP contribution in [-0.2, 0) is 4.74 Å². The van der Waals surface area contributed by atoms with Crippen LogP contribution in [0, 0.1) is 0 Å². The van der Waals surface area contributed by atoms with Crippen LogP contribution in [0.4, 0.5) is 0 Å². The van der Waals surface area contributed by atoms with Gasteiger partial charge in [-0.25, -0.2) is 14.3 Å². The Morgan fingerprint density at radius 2 is 2.43 bits per heavy atom. The fourth-order valence-electron chi connectivity index (χ4n) is 1.14. The Morgan fingerprint density at radius 3 is 3.14 bits per heavy atom. The fourth-order valence-corrected chi connectivity index (χ4v) is 1.50. The number of esters is 1. The molecule has 0 saturated heterocycles. The number of hydrogen-bond donors (Lipinski definition) is 0. The van der Waals surface area contributed by atoms with E-state index in [4.69, 9.17) is 0 Å². The third-order valence-electron chi connectivity index (χ3n) is 1.77. The molecule has 6 heteroatoms.